The molecule has 0 aliphatic carbocycles. The Morgan fingerprint density at radius 2 is 1.04 bits per heavy atom. The van der Waals surface area contributed by atoms with Crippen molar-refractivity contribution in [3.63, 3.8) is 0 Å². The van der Waals surface area contributed by atoms with Crippen LogP contribution < -0.4 is 14.2 Å². The highest BCUT2D eigenvalue weighted by Gasteiger charge is 2.55. The van der Waals surface area contributed by atoms with Gasteiger partial charge in [0.2, 0.25) is 36.5 Å². The first-order chi connectivity index (χ1) is 50.0. The lowest BCUT2D eigenvalue weighted by molar-refractivity contribution is -0.358. The summed E-state index contributed by atoms with van der Waals surface area (Å²) in [5.41, 5.74) is -0.889. The fourth-order valence-corrected chi connectivity index (χ4v) is 10.7. The van der Waals surface area contributed by atoms with Crippen molar-refractivity contribution in [2.75, 3.05) is 19.8 Å². The second-order valence-electron chi connectivity index (χ2n) is 23.7. The number of aromatic hydroxyl groups is 7. The van der Waals surface area contributed by atoms with E-state index in [1.54, 1.807) is 0 Å². The van der Waals surface area contributed by atoms with E-state index in [0.29, 0.717) is 12.1 Å². The highest BCUT2D eigenvalue weighted by atomic mass is 16.8. The van der Waals surface area contributed by atoms with Crippen LogP contribution in [0, 0.1) is 0 Å². The van der Waals surface area contributed by atoms with Crippen LogP contribution in [0.4, 0.5) is 0 Å². The van der Waals surface area contributed by atoms with Crippen LogP contribution in [0.2, 0.25) is 0 Å². The number of carbonyl (C=O) groups excluding carboxylic acids is 4. The number of rotatable bonds is 26. The summed E-state index contributed by atoms with van der Waals surface area (Å²) < 4.78 is 72.8. The Kier molecular flexibility index (Phi) is 25.2. The largest absolute Gasteiger partial charge is 0.507 e. The van der Waals surface area contributed by atoms with Crippen molar-refractivity contribution in [2.24, 2.45) is 0 Å². The summed E-state index contributed by atoms with van der Waals surface area (Å²) in [5.74, 6) is -20.9. The molecule has 2 unspecified atom stereocenters. The third-order valence-corrected chi connectivity index (χ3v) is 16.3. The number of hydrogen-bond donors (Lipinski definition) is 22. The molecule has 0 saturated carbocycles. The molecule has 4 saturated heterocycles. The van der Waals surface area contributed by atoms with Gasteiger partial charge in [0.15, 0.2) is 65.2 Å². The van der Waals surface area contributed by atoms with Gasteiger partial charge >= 0.3 is 53.1 Å². The molecule has 0 radical (unpaired) electrons. The normalized spacial score (nSPS) is 29.5. The molecular formula is C64H67O42+. The van der Waals surface area contributed by atoms with Gasteiger partial charge in [-0.2, -0.15) is 0 Å². The fourth-order valence-electron chi connectivity index (χ4n) is 10.7. The maximum atomic E-state index is 13.5. The van der Waals surface area contributed by atoms with E-state index in [2.05, 4.69) is 4.74 Å². The van der Waals surface area contributed by atoms with Crippen LogP contribution in [0.3, 0.4) is 0 Å². The molecule has 22 N–H and O–H groups in total. The minimum Gasteiger partial charge on any atom is -0.507 e. The van der Waals surface area contributed by atoms with E-state index in [4.69, 9.17) is 61.6 Å². The van der Waals surface area contributed by atoms with Gasteiger partial charge in [-0.15, -0.1) is 0 Å². The minimum atomic E-state index is -2.85. The lowest BCUT2D eigenvalue weighted by Gasteiger charge is -2.46. The van der Waals surface area contributed by atoms with Gasteiger partial charge in [0.1, 0.15) is 116 Å². The first kappa shape index (κ1) is 79.5. The van der Waals surface area contributed by atoms with E-state index in [-0.39, 0.29) is 11.1 Å². The number of aliphatic hydroxyl groups is 12. The lowest BCUT2D eigenvalue weighted by Crippen LogP contribution is -2.65. The summed E-state index contributed by atoms with van der Waals surface area (Å²) in [6.45, 7) is -3.26. The van der Waals surface area contributed by atoms with Gasteiger partial charge in [0.05, 0.1) is 18.2 Å². The SMILES string of the molecule is O=C(/C=C/c1ccc(O)c(O)c1)OC[C@H]1O[C@@H](Oc2cc(O)c3cc(O[C@@H]4O[C@H](COC(=O)CC(=O)OC(C(=O)O)C(O)C(=O)O)[C@H](O)[C@H](O)[C@H]4O[C@@H]4O[C@H](CO)[C@@H](O)[C@H](O)[C@H]4OC(=O)/C=C/c4ccc(O)c(O)c4)c(-c4cc(O)c(O)c(O[C@@H]5O[C@H](C(=O)O)[C@@H](O)[C@H](O)[C@H]5O)c4)[o+]c3c2)[C@H](O)[C@@H](O)[C@@H]1O. The minimum absolute atomic E-state index is 0.0750. The topological polar surface area (TPSA) is 687 Å². The fraction of sp³-hybridized carbons (Fsp3) is 0.406. The van der Waals surface area contributed by atoms with Gasteiger partial charge in [-0.05, 0) is 47.5 Å². The van der Waals surface area contributed by atoms with E-state index in [0.717, 1.165) is 60.7 Å². The molecule has 4 aliphatic rings. The summed E-state index contributed by atoms with van der Waals surface area (Å²) in [7, 11) is 0. The molecule has 4 aromatic carbocycles. The number of phenolic OH excluding ortho intramolecular Hbond substituents is 7. The van der Waals surface area contributed by atoms with Crippen molar-refractivity contribution in [3.05, 3.63) is 90.0 Å². The Balaban J connectivity index is 1.11. The molecule has 0 bridgehead atoms. The van der Waals surface area contributed by atoms with Crippen LogP contribution >= 0.6 is 0 Å². The number of aliphatic hydroxyl groups excluding tert-OH is 12. The monoisotopic (exact) mass is 1510 g/mol. The number of phenols is 7. The number of hydrogen-bond acceptors (Lipinski definition) is 38. The highest BCUT2D eigenvalue weighted by Crippen LogP contribution is 2.47. The summed E-state index contributed by atoms with van der Waals surface area (Å²) in [6, 6.07) is 10.8. The Hall–Kier alpha value is -10.6. The molecule has 0 amide bonds. The summed E-state index contributed by atoms with van der Waals surface area (Å²) in [4.78, 5) is 87.0. The average Bonchev–Trinajstić information content (AvgIpc) is 0.763. The first-order valence-electron chi connectivity index (χ1n) is 30.9. The van der Waals surface area contributed by atoms with Crippen LogP contribution in [0.5, 0.6) is 57.5 Å². The summed E-state index contributed by atoms with van der Waals surface area (Å²) in [6.07, 6.45) is -48.0. The van der Waals surface area contributed by atoms with E-state index in [9.17, 15) is 141 Å². The number of fused-ring (bicyclic) bond motifs is 1. The van der Waals surface area contributed by atoms with Gasteiger partial charge in [-0.25, -0.2) is 28.4 Å². The third-order valence-electron chi connectivity index (χ3n) is 16.3. The van der Waals surface area contributed by atoms with E-state index < -0.39 is 283 Å². The molecule has 5 aromatic rings. The molecule has 5 heterocycles. The van der Waals surface area contributed by atoms with Crippen LogP contribution in [-0.2, 0) is 76.2 Å². The van der Waals surface area contributed by atoms with E-state index in [1.165, 1.54) is 18.2 Å². The Bertz CT molecular complexity index is 4120. The molecule has 1 aromatic heterocycles. The standard InChI is InChI=1S/C64H66O42/c65-17-34-42(77)47(82)56(103-38(73)8-4-21-2-6-26(67)29(70)10-21)64(100-34)106-57-48(83)44(79)36(19-95-39(74)16-40(75)104-55(60(92)93)52(87)58(88)89)102-63(57)99-33-15-24-27(68)13-23(96-61-50(85)45(80)43(78)35(101-61)18-94-37(72)7-3-20-1-5-25(66)28(69)9-20)14-31(24)97-53(33)22-11-30(71)41(76)32(12-22)98-62-51(86)46(81)49(84)54(105-62)59(90)91/h1-15,34-36,42-52,54-57,61-65,77-87H,16-19H2,(H9-,66,67,68,69,70,71,72,73,76,88,89,90,91,92,93)/p+1/t34-,35-,36-,42-,43-,44+,45+,46+,47+,48+,49+,50-,51-,52?,54+,55?,56-,57-,61-,62-,63-,64+/m1/s1. The molecule has 9 rings (SSSR count). The predicted octanol–water partition coefficient (Wildman–Crippen LogP) is -5.32. The number of esters is 4. The zero-order valence-corrected chi connectivity index (χ0v) is 53.7. The van der Waals surface area contributed by atoms with Gasteiger partial charge in [0.25, 0.3) is 0 Å². The molecule has 574 valence electrons. The van der Waals surface area contributed by atoms with Gasteiger partial charge in [0, 0.05) is 36.4 Å². The van der Waals surface area contributed by atoms with Crippen molar-refractivity contribution in [1.82, 2.24) is 0 Å². The smallest absolute Gasteiger partial charge is 0.402 e. The first-order valence-corrected chi connectivity index (χ1v) is 30.9. The van der Waals surface area contributed by atoms with Gasteiger partial charge in [-0.3, -0.25) is 9.59 Å². The summed E-state index contributed by atoms with van der Waals surface area (Å²) in [5, 5.41) is 232. The molecule has 106 heavy (non-hydrogen) atoms. The Morgan fingerprint density at radius 1 is 0.491 bits per heavy atom. The van der Waals surface area contributed by atoms with Crippen molar-refractivity contribution >= 4 is 64.9 Å². The van der Waals surface area contributed by atoms with E-state index >= 15 is 0 Å². The van der Waals surface area contributed by atoms with Crippen LogP contribution in [-0.4, -0.2) is 309 Å². The molecule has 4 aliphatic heterocycles. The van der Waals surface area contributed by atoms with Gasteiger partial charge in [-0.1, -0.05) is 12.1 Å². The second-order valence-corrected chi connectivity index (χ2v) is 23.7. The Labute approximate surface area is 590 Å². The third kappa shape index (κ3) is 18.2. The summed E-state index contributed by atoms with van der Waals surface area (Å²) >= 11 is 0. The zero-order valence-electron chi connectivity index (χ0n) is 53.7. The molecule has 22 atom stereocenters. The number of carboxylic acid groups (broad SMARTS) is 3. The van der Waals surface area contributed by atoms with Gasteiger partial charge < -0.3 is 169 Å². The number of ether oxygens (including phenoxy) is 12. The maximum absolute atomic E-state index is 13.5. The number of carbonyl (C=O) groups is 7. The number of benzene rings is 4. The number of aliphatic carboxylic acids is 3. The molecule has 4 fully saturated rings. The maximum Gasteiger partial charge on any atom is 0.402 e. The average molecular weight is 1510 g/mol. The van der Waals surface area contributed by atoms with Crippen molar-refractivity contribution in [2.45, 2.75) is 141 Å². The molecular weight excluding hydrogens is 1440 g/mol. The highest BCUT2D eigenvalue weighted by molar-refractivity contribution is 5.94. The van der Waals surface area contributed by atoms with Crippen molar-refractivity contribution < 1.29 is 207 Å². The molecule has 0 spiro atoms. The number of carboxylic acids is 3. The van der Waals surface area contributed by atoms with Crippen LogP contribution in [0.1, 0.15) is 17.5 Å². The lowest BCUT2D eigenvalue weighted by atomic mass is 9.97. The van der Waals surface area contributed by atoms with Crippen LogP contribution in [0.25, 0.3) is 34.4 Å². The van der Waals surface area contributed by atoms with Crippen molar-refractivity contribution in [1.29, 1.82) is 0 Å². The van der Waals surface area contributed by atoms with E-state index in [1.807, 2.05) is 0 Å². The zero-order chi connectivity index (χ0) is 77.6. The molecule has 42 heteroatoms. The molecule has 42 nitrogen and oxygen atoms in total. The second kappa shape index (κ2) is 33.7. The Morgan fingerprint density at radius 3 is 1.63 bits per heavy atom. The van der Waals surface area contributed by atoms with Crippen molar-refractivity contribution in [3.8, 4) is 68.8 Å². The quantitative estimate of drug-likeness (QED) is 0.00614. The van der Waals surface area contributed by atoms with Crippen LogP contribution in [0.15, 0.2) is 83.3 Å². The predicted molar refractivity (Wildman–Crippen MR) is 332 cm³/mol.